The summed E-state index contributed by atoms with van der Waals surface area (Å²) in [4.78, 5) is 10.5. The lowest BCUT2D eigenvalue weighted by Crippen LogP contribution is -2.40. The number of sulfone groups is 1. The predicted octanol–water partition coefficient (Wildman–Crippen LogP) is 1.38. The van der Waals surface area contributed by atoms with Gasteiger partial charge in [0.1, 0.15) is 12.1 Å². The van der Waals surface area contributed by atoms with Gasteiger partial charge in [-0.3, -0.25) is 0 Å². The largest absolute Gasteiger partial charge is 0.354 e. The number of rotatable bonds is 2. The van der Waals surface area contributed by atoms with Gasteiger partial charge in [-0.25, -0.2) is 18.4 Å². The molecular weight excluding hydrogens is 274 g/mol. The first-order chi connectivity index (χ1) is 9.64. The van der Waals surface area contributed by atoms with Crippen molar-refractivity contribution in [3.63, 3.8) is 0 Å². The van der Waals surface area contributed by atoms with Crippen LogP contribution in [0.1, 0.15) is 0 Å². The van der Waals surface area contributed by atoms with Gasteiger partial charge >= 0.3 is 0 Å². The molecule has 104 valence electrons. The van der Waals surface area contributed by atoms with Crippen molar-refractivity contribution in [1.29, 1.82) is 0 Å². The molecule has 1 aliphatic rings. The maximum absolute atomic E-state index is 11.5. The molecule has 0 amide bonds. The van der Waals surface area contributed by atoms with Crippen molar-refractivity contribution in [1.82, 2.24) is 9.97 Å². The molecule has 2 aromatic rings. The van der Waals surface area contributed by atoms with Gasteiger partial charge in [-0.1, -0.05) is 30.3 Å². The summed E-state index contributed by atoms with van der Waals surface area (Å²) in [5.74, 6) is 1.17. The van der Waals surface area contributed by atoms with Crippen molar-refractivity contribution in [2.24, 2.45) is 0 Å². The zero-order chi connectivity index (χ0) is 14.0. The molecule has 1 aliphatic heterocycles. The first-order valence-corrected chi connectivity index (χ1v) is 8.29. The van der Waals surface area contributed by atoms with Crippen LogP contribution in [0.4, 0.5) is 5.82 Å². The zero-order valence-electron chi connectivity index (χ0n) is 10.9. The normalized spacial score (nSPS) is 17.9. The number of hydrogen-bond acceptors (Lipinski definition) is 5. The Morgan fingerprint density at radius 3 is 2.40 bits per heavy atom. The smallest absolute Gasteiger partial charge is 0.153 e. The standard InChI is InChI=1S/C14H15N3O2S/c18-20(19)8-6-17(7-9-20)14-10-13(15-11-16-14)12-4-2-1-3-5-12/h1-5,10-11H,6-9H2. The van der Waals surface area contributed by atoms with Gasteiger partial charge in [-0.05, 0) is 0 Å². The number of anilines is 1. The van der Waals surface area contributed by atoms with Crippen molar-refractivity contribution in [2.75, 3.05) is 29.5 Å². The highest BCUT2D eigenvalue weighted by atomic mass is 32.2. The van der Waals surface area contributed by atoms with E-state index in [2.05, 4.69) is 9.97 Å². The third-order valence-corrected chi connectivity index (χ3v) is 5.00. The highest BCUT2D eigenvalue weighted by Gasteiger charge is 2.22. The first kappa shape index (κ1) is 13.1. The average molecular weight is 289 g/mol. The second-order valence-electron chi connectivity index (χ2n) is 4.77. The van der Waals surface area contributed by atoms with Gasteiger partial charge in [0.2, 0.25) is 0 Å². The van der Waals surface area contributed by atoms with Gasteiger partial charge < -0.3 is 4.90 Å². The minimum atomic E-state index is -2.87. The Hall–Kier alpha value is -1.95. The van der Waals surface area contributed by atoms with Crippen LogP contribution in [-0.2, 0) is 9.84 Å². The molecule has 5 nitrogen and oxygen atoms in total. The summed E-state index contributed by atoms with van der Waals surface area (Å²) < 4.78 is 22.9. The number of benzene rings is 1. The monoisotopic (exact) mass is 289 g/mol. The molecule has 0 atom stereocenters. The third-order valence-electron chi connectivity index (χ3n) is 3.39. The van der Waals surface area contributed by atoms with Crippen molar-refractivity contribution in [2.45, 2.75) is 0 Å². The van der Waals surface area contributed by atoms with Gasteiger partial charge in [-0.15, -0.1) is 0 Å². The molecule has 0 spiro atoms. The van der Waals surface area contributed by atoms with E-state index >= 15 is 0 Å². The van der Waals surface area contributed by atoms with E-state index in [9.17, 15) is 8.42 Å². The molecule has 0 radical (unpaired) electrons. The minimum absolute atomic E-state index is 0.192. The Bertz CT molecular complexity index is 687. The SMILES string of the molecule is O=S1(=O)CCN(c2cc(-c3ccccc3)ncn2)CC1. The highest BCUT2D eigenvalue weighted by Crippen LogP contribution is 2.21. The summed E-state index contributed by atoms with van der Waals surface area (Å²) in [6.07, 6.45) is 1.53. The summed E-state index contributed by atoms with van der Waals surface area (Å²) in [5, 5.41) is 0. The van der Waals surface area contributed by atoms with Gasteiger partial charge in [0.25, 0.3) is 0 Å². The second-order valence-corrected chi connectivity index (χ2v) is 7.07. The Balaban J connectivity index is 1.85. The van der Waals surface area contributed by atoms with Crippen LogP contribution in [0.5, 0.6) is 0 Å². The molecule has 0 unspecified atom stereocenters. The maximum Gasteiger partial charge on any atom is 0.153 e. The Morgan fingerprint density at radius 2 is 1.70 bits per heavy atom. The molecule has 3 rings (SSSR count). The lowest BCUT2D eigenvalue weighted by molar-refractivity contribution is 0.586. The molecule has 20 heavy (non-hydrogen) atoms. The van der Waals surface area contributed by atoms with Crippen molar-refractivity contribution in [3.8, 4) is 11.3 Å². The van der Waals surface area contributed by atoms with Crippen LogP contribution >= 0.6 is 0 Å². The number of nitrogens with zero attached hydrogens (tertiary/aromatic N) is 3. The van der Waals surface area contributed by atoms with Gasteiger partial charge in [0.05, 0.1) is 17.2 Å². The van der Waals surface area contributed by atoms with Crippen LogP contribution in [0.2, 0.25) is 0 Å². The molecule has 1 aromatic carbocycles. The van der Waals surface area contributed by atoms with Crippen molar-refractivity contribution in [3.05, 3.63) is 42.7 Å². The van der Waals surface area contributed by atoms with E-state index in [0.717, 1.165) is 17.1 Å². The molecule has 2 heterocycles. The molecular formula is C14H15N3O2S. The lowest BCUT2D eigenvalue weighted by Gasteiger charge is -2.27. The first-order valence-electron chi connectivity index (χ1n) is 6.47. The molecule has 0 saturated carbocycles. The fourth-order valence-corrected chi connectivity index (χ4v) is 3.43. The van der Waals surface area contributed by atoms with Gasteiger partial charge in [0.15, 0.2) is 9.84 Å². The van der Waals surface area contributed by atoms with Gasteiger partial charge in [-0.2, -0.15) is 0 Å². The lowest BCUT2D eigenvalue weighted by atomic mass is 10.1. The van der Waals surface area contributed by atoms with Crippen molar-refractivity contribution >= 4 is 15.7 Å². The molecule has 6 heteroatoms. The van der Waals surface area contributed by atoms with E-state index in [0.29, 0.717) is 13.1 Å². The van der Waals surface area contributed by atoms with Crippen LogP contribution in [0.25, 0.3) is 11.3 Å². The second kappa shape index (κ2) is 5.20. The average Bonchev–Trinajstić information content (AvgIpc) is 2.48. The van der Waals surface area contributed by atoms with E-state index in [4.69, 9.17) is 0 Å². The fraction of sp³-hybridized carbons (Fsp3) is 0.286. The van der Waals surface area contributed by atoms with E-state index in [1.54, 1.807) is 0 Å². The topological polar surface area (TPSA) is 63.2 Å². The Kier molecular flexibility index (Phi) is 3.40. The van der Waals surface area contributed by atoms with E-state index in [1.807, 2.05) is 41.3 Å². The molecule has 1 fully saturated rings. The van der Waals surface area contributed by atoms with Crippen LogP contribution in [-0.4, -0.2) is 43.0 Å². The van der Waals surface area contributed by atoms with Crippen LogP contribution in [0, 0.1) is 0 Å². The molecule has 0 bridgehead atoms. The molecule has 0 N–H and O–H groups in total. The number of aromatic nitrogens is 2. The minimum Gasteiger partial charge on any atom is -0.354 e. The predicted molar refractivity (Wildman–Crippen MR) is 78.3 cm³/mol. The Morgan fingerprint density at radius 1 is 1.00 bits per heavy atom. The Labute approximate surface area is 118 Å². The maximum atomic E-state index is 11.5. The quantitative estimate of drug-likeness (QED) is 0.835. The summed E-state index contributed by atoms with van der Waals surface area (Å²) in [5.41, 5.74) is 1.88. The third kappa shape index (κ3) is 2.80. The molecule has 1 saturated heterocycles. The summed E-state index contributed by atoms with van der Waals surface area (Å²) in [7, 11) is -2.87. The van der Waals surface area contributed by atoms with Crippen molar-refractivity contribution < 1.29 is 8.42 Å². The van der Waals surface area contributed by atoms with E-state index in [-0.39, 0.29) is 11.5 Å². The number of hydrogen-bond donors (Lipinski definition) is 0. The van der Waals surface area contributed by atoms with Crippen LogP contribution in [0.15, 0.2) is 42.7 Å². The van der Waals surface area contributed by atoms with E-state index in [1.165, 1.54) is 6.33 Å². The van der Waals surface area contributed by atoms with E-state index < -0.39 is 9.84 Å². The summed E-state index contributed by atoms with van der Waals surface area (Å²) >= 11 is 0. The van der Waals surface area contributed by atoms with Crippen LogP contribution < -0.4 is 4.90 Å². The fourth-order valence-electron chi connectivity index (χ4n) is 2.23. The summed E-state index contributed by atoms with van der Waals surface area (Å²) in [6, 6.07) is 11.8. The van der Waals surface area contributed by atoms with Gasteiger partial charge in [0, 0.05) is 24.7 Å². The summed E-state index contributed by atoms with van der Waals surface area (Å²) in [6.45, 7) is 0.987. The molecule has 1 aromatic heterocycles. The molecule has 0 aliphatic carbocycles. The highest BCUT2D eigenvalue weighted by molar-refractivity contribution is 7.91. The van der Waals surface area contributed by atoms with Crippen LogP contribution in [0.3, 0.4) is 0 Å². The zero-order valence-corrected chi connectivity index (χ0v) is 11.8.